The number of nitrogens with one attached hydrogen (secondary N) is 2. The van der Waals surface area contributed by atoms with E-state index in [1.165, 1.54) is 5.56 Å². The molecule has 9 heteroatoms. The van der Waals surface area contributed by atoms with Crippen molar-refractivity contribution < 1.29 is 14.4 Å². The highest BCUT2D eigenvalue weighted by atomic mass is 79.9. The zero-order valence-electron chi connectivity index (χ0n) is 19.1. The first-order valence-corrected chi connectivity index (χ1v) is 12.4. The zero-order chi connectivity index (χ0) is 23.9. The largest absolute Gasteiger partial charge is 0.353 e. The van der Waals surface area contributed by atoms with E-state index in [0.717, 1.165) is 37.2 Å². The molecule has 0 spiro atoms. The van der Waals surface area contributed by atoms with Crippen LogP contribution in [0.25, 0.3) is 0 Å². The van der Waals surface area contributed by atoms with Crippen molar-refractivity contribution in [1.82, 2.24) is 20.0 Å². The maximum absolute atomic E-state index is 13.1. The molecule has 34 heavy (non-hydrogen) atoms. The van der Waals surface area contributed by atoms with Crippen LogP contribution in [-0.2, 0) is 20.9 Å². The second-order valence-electron chi connectivity index (χ2n) is 8.69. The number of hydrogen-bond donors (Lipinski definition) is 2. The summed E-state index contributed by atoms with van der Waals surface area (Å²) in [4.78, 5) is 44.4. The van der Waals surface area contributed by atoms with Crippen LogP contribution in [0.2, 0.25) is 0 Å². The molecule has 1 atom stereocenters. The van der Waals surface area contributed by atoms with Gasteiger partial charge in [0.15, 0.2) is 0 Å². The van der Waals surface area contributed by atoms with Crippen LogP contribution in [0.3, 0.4) is 0 Å². The molecule has 4 rings (SSSR count). The Morgan fingerprint density at radius 2 is 1.62 bits per heavy atom. The third kappa shape index (κ3) is 6.65. The summed E-state index contributed by atoms with van der Waals surface area (Å²) in [7, 11) is 0. The Balaban J connectivity index is 1.29. The number of rotatable bonds is 7. The van der Waals surface area contributed by atoms with E-state index < -0.39 is 6.04 Å². The minimum Gasteiger partial charge on any atom is -0.353 e. The summed E-state index contributed by atoms with van der Waals surface area (Å²) in [5.74, 6) is -0.678. The number of hydrogen-bond acceptors (Lipinski definition) is 5. The molecule has 180 valence electrons. The molecule has 2 saturated heterocycles. The van der Waals surface area contributed by atoms with E-state index in [9.17, 15) is 14.4 Å². The number of carbonyl (C=O) groups is 3. The summed E-state index contributed by atoms with van der Waals surface area (Å²) in [6, 6.07) is 16.8. The van der Waals surface area contributed by atoms with Crippen LogP contribution in [0.15, 0.2) is 59.1 Å². The molecule has 2 aliphatic rings. The van der Waals surface area contributed by atoms with Crippen molar-refractivity contribution in [2.75, 3.05) is 51.1 Å². The van der Waals surface area contributed by atoms with Gasteiger partial charge >= 0.3 is 0 Å². The van der Waals surface area contributed by atoms with E-state index in [0.29, 0.717) is 18.8 Å². The van der Waals surface area contributed by atoms with Gasteiger partial charge in [-0.3, -0.25) is 24.2 Å². The molecule has 0 aliphatic carbocycles. The first-order chi connectivity index (χ1) is 16.5. The minimum atomic E-state index is -0.795. The Morgan fingerprint density at radius 1 is 0.941 bits per heavy atom. The van der Waals surface area contributed by atoms with Crippen molar-refractivity contribution in [1.29, 1.82) is 0 Å². The molecular weight excluding hydrogens is 498 g/mol. The standard InChI is InChI=1S/C25H30BrN5O3/c26-20-6-8-21(9-7-20)28-23(32)16-22-25(34)27-10-11-31(22)24(33)18-30-14-12-29(13-15-30)17-19-4-2-1-3-5-19/h1-9,22H,10-18H2,(H,27,34)(H,28,32). The fourth-order valence-electron chi connectivity index (χ4n) is 4.37. The highest BCUT2D eigenvalue weighted by molar-refractivity contribution is 9.10. The van der Waals surface area contributed by atoms with Gasteiger partial charge in [-0.25, -0.2) is 0 Å². The van der Waals surface area contributed by atoms with Gasteiger partial charge in [0.2, 0.25) is 17.7 Å². The summed E-state index contributed by atoms with van der Waals surface area (Å²) in [6.45, 7) is 5.36. The van der Waals surface area contributed by atoms with Crippen LogP contribution in [0, 0.1) is 0 Å². The van der Waals surface area contributed by atoms with Gasteiger partial charge < -0.3 is 15.5 Å². The second-order valence-corrected chi connectivity index (χ2v) is 9.61. The Labute approximate surface area is 208 Å². The third-order valence-corrected chi connectivity index (χ3v) is 6.76. The molecule has 0 bridgehead atoms. The first kappa shape index (κ1) is 24.4. The molecule has 0 aromatic heterocycles. The number of piperazine rings is 2. The van der Waals surface area contributed by atoms with Crippen LogP contribution < -0.4 is 10.6 Å². The smallest absolute Gasteiger partial charge is 0.243 e. The Morgan fingerprint density at radius 3 is 2.32 bits per heavy atom. The molecule has 2 heterocycles. The molecule has 2 N–H and O–H groups in total. The average molecular weight is 528 g/mol. The molecule has 1 unspecified atom stereocenters. The van der Waals surface area contributed by atoms with Gasteiger partial charge in [0, 0.05) is 56.0 Å². The Bertz CT molecular complexity index is 993. The van der Waals surface area contributed by atoms with Gasteiger partial charge in [0.25, 0.3) is 0 Å². The molecule has 2 aliphatic heterocycles. The molecule has 2 fully saturated rings. The van der Waals surface area contributed by atoms with E-state index in [-0.39, 0.29) is 30.7 Å². The quantitative estimate of drug-likeness (QED) is 0.574. The normalized spacial score (nSPS) is 19.5. The van der Waals surface area contributed by atoms with Gasteiger partial charge in [0.1, 0.15) is 6.04 Å². The van der Waals surface area contributed by atoms with E-state index in [2.05, 4.69) is 60.6 Å². The number of carbonyl (C=O) groups excluding carboxylic acids is 3. The Hall–Kier alpha value is -2.75. The number of anilines is 1. The van der Waals surface area contributed by atoms with Gasteiger partial charge in [0.05, 0.1) is 13.0 Å². The average Bonchev–Trinajstić information content (AvgIpc) is 2.84. The first-order valence-electron chi connectivity index (χ1n) is 11.6. The highest BCUT2D eigenvalue weighted by Crippen LogP contribution is 2.16. The van der Waals surface area contributed by atoms with Crippen molar-refractivity contribution in [3.8, 4) is 0 Å². The van der Waals surface area contributed by atoms with Crippen molar-refractivity contribution >= 4 is 39.3 Å². The lowest BCUT2D eigenvalue weighted by molar-refractivity contribution is -0.145. The monoisotopic (exact) mass is 527 g/mol. The van der Waals surface area contributed by atoms with Crippen molar-refractivity contribution in [2.45, 2.75) is 19.0 Å². The summed E-state index contributed by atoms with van der Waals surface area (Å²) in [5.41, 5.74) is 1.94. The third-order valence-electron chi connectivity index (χ3n) is 6.23. The van der Waals surface area contributed by atoms with E-state index in [1.54, 1.807) is 17.0 Å². The maximum Gasteiger partial charge on any atom is 0.243 e. The predicted molar refractivity (Wildman–Crippen MR) is 134 cm³/mol. The molecule has 2 aromatic carbocycles. The number of benzene rings is 2. The van der Waals surface area contributed by atoms with Crippen LogP contribution in [-0.4, -0.2) is 84.3 Å². The summed E-state index contributed by atoms with van der Waals surface area (Å²) < 4.78 is 0.912. The van der Waals surface area contributed by atoms with Gasteiger partial charge in [-0.05, 0) is 29.8 Å². The molecule has 3 amide bonds. The fraction of sp³-hybridized carbons (Fsp3) is 0.400. The van der Waals surface area contributed by atoms with E-state index in [4.69, 9.17) is 0 Å². The second kappa shape index (κ2) is 11.6. The highest BCUT2D eigenvalue weighted by Gasteiger charge is 2.35. The maximum atomic E-state index is 13.1. The summed E-state index contributed by atoms with van der Waals surface area (Å²) in [5, 5.41) is 5.60. The van der Waals surface area contributed by atoms with E-state index >= 15 is 0 Å². The minimum absolute atomic E-state index is 0.0709. The number of nitrogens with zero attached hydrogens (tertiary/aromatic N) is 3. The van der Waals surface area contributed by atoms with Gasteiger partial charge in [-0.1, -0.05) is 46.3 Å². The van der Waals surface area contributed by atoms with Gasteiger partial charge in [-0.2, -0.15) is 0 Å². The summed E-state index contributed by atoms with van der Waals surface area (Å²) >= 11 is 3.37. The Kier molecular flexibility index (Phi) is 8.31. The van der Waals surface area contributed by atoms with Crippen LogP contribution in [0.5, 0.6) is 0 Å². The molecule has 8 nitrogen and oxygen atoms in total. The number of amides is 3. The SMILES string of the molecule is O=C(CC1C(=O)NCCN1C(=O)CN1CCN(Cc2ccccc2)CC1)Nc1ccc(Br)cc1. The zero-order valence-corrected chi connectivity index (χ0v) is 20.7. The molecular formula is C25H30BrN5O3. The molecule has 0 saturated carbocycles. The fourth-order valence-corrected chi connectivity index (χ4v) is 4.63. The molecule has 2 aromatic rings. The van der Waals surface area contributed by atoms with Crippen molar-refractivity contribution in [2.24, 2.45) is 0 Å². The van der Waals surface area contributed by atoms with Crippen LogP contribution in [0.1, 0.15) is 12.0 Å². The van der Waals surface area contributed by atoms with Gasteiger partial charge in [-0.15, -0.1) is 0 Å². The molecule has 0 radical (unpaired) electrons. The lowest BCUT2D eigenvalue weighted by atomic mass is 10.1. The van der Waals surface area contributed by atoms with Crippen LogP contribution in [0.4, 0.5) is 5.69 Å². The lowest BCUT2D eigenvalue weighted by Crippen LogP contribution is -2.60. The van der Waals surface area contributed by atoms with Crippen molar-refractivity contribution in [3.05, 3.63) is 64.6 Å². The predicted octanol–water partition coefficient (Wildman–Crippen LogP) is 1.92. The lowest BCUT2D eigenvalue weighted by Gasteiger charge is -2.38. The summed E-state index contributed by atoms with van der Waals surface area (Å²) in [6.07, 6.45) is -0.0709. The van der Waals surface area contributed by atoms with Crippen LogP contribution >= 0.6 is 15.9 Å². The van der Waals surface area contributed by atoms with E-state index in [1.807, 2.05) is 18.2 Å². The topological polar surface area (TPSA) is 85.0 Å². The van der Waals surface area contributed by atoms with Crippen molar-refractivity contribution in [3.63, 3.8) is 0 Å². The number of halogens is 1.